The van der Waals surface area contributed by atoms with Crippen LogP contribution in [0.3, 0.4) is 0 Å². The minimum absolute atomic E-state index is 0. The molecule has 0 atom stereocenters. The van der Waals surface area contributed by atoms with Gasteiger partial charge in [-0.25, -0.2) is 0 Å². The molecular formula is C15H10ClNO4. The van der Waals surface area contributed by atoms with E-state index in [-0.39, 0.29) is 29.5 Å². The molecule has 106 valence electrons. The fourth-order valence-electron chi connectivity index (χ4n) is 2.12. The summed E-state index contributed by atoms with van der Waals surface area (Å²) in [7, 11) is 0. The zero-order chi connectivity index (χ0) is 14.3. The summed E-state index contributed by atoms with van der Waals surface area (Å²) in [5.74, 6) is -1.67. The maximum absolute atomic E-state index is 11.8. The molecule has 0 fully saturated rings. The van der Waals surface area contributed by atoms with Crippen LogP contribution < -0.4 is 0 Å². The summed E-state index contributed by atoms with van der Waals surface area (Å²) in [6.07, 6.45) is 5.66. The number of aromatic hydroxyl groups is 2. The number of phenolic OH excluding ortho intramolecular Hbond substituents is 2. The average molecular weight is 304 g/mol. The molecule has 0 unspecified atom stereocenters. The highest BCUT2D eigenvalue weighted by Gasteiger charge is 2.23. The zero-order valence-electron chi connectivity index (χ0n) is 10.6. The van der Waals surface area contributed by atoms with Crippen molar-refractivity contribution in [1.82, 2.24) is 4.98 Å². The number of hydrogen-bond acceptors (Lipinski definition) is 5. The lowest BCUT2D eigenvalue weighted by Crippen LogP contribution is -2.17. The van der Waals surface area contributed by atoms with Crippen molar-refractivity contribution in [3.63, 3.8) is 0 Å². The molecule has 6 heteroatoms. The van der Waals surface area contributed by atoms with Gasteiger partial charge in [0.15, 0.2) is 11.5 Å². The van der Waals surface area contributed by atoms with Gasteiger partial charge in [-0.1, -0.05) is 6.07 Å². The molecule has 1 heterocycles. The van der Waals surface area contributed by atoms with Gasteiger partial charge in [0.25, 0.3) is 0 Å². The molecule has 1 aromatic heterocycles. The molecule has 5 nitrogen and oxygen atoms in total. The molecule has 0 aliphatic heterocycles. The molecule has 2 N–H and O–H groups in total. The van der Waals surface area contributed by atoms with Crippen molar-refractivity contribution in [2.45, 2.75) is 0 Å². The number of hydrogen-bond donors (Lipinski definition) is 2. The van der Waals surface area contributed by atoms with Crippen LogP contribution >= 0.6 is 12.4 Å². The first-order valence-electron chi connectivity index (χ1n) is 5.85. The second-order valence-electron chi connectivity index (χ2n) is 4.38. The maximum atomic E-state index is 11.8. The number of carbonyl (C=O) groups excluding carboxylic acids is 2. The molecule has 3 rings (SSSR count). The predicted octanol–water partition coefficient (Wildman–Crippen LogP) is 2.36. The number of pyridine rings is 1. The standard InChI is InChI=1S/C15H9NO4.ClH/c17-12-3-1-8(5-14(12)19)10-6-16-7-11-9(10)2-4-13(18)15(11)20;/h1-7,17,19H;1H. The van der Waals surface area contributed by atoms with Gasteiger partial charge in [0.05, 0.1) is 5.56 Å². The van der Waals surface area contributed by atoms with Gasteiger partial charge in [0.2, 0.25) is 11.6 Å². The number of carbonyl (C=O) groups is 2. The van der Waals surface area contributed by atoms with Crippen LogP contribution in [0, 0.1) is 0 Å². The smallest absolute Gasteiger partial charge is 0.235 e. The molecular weight excluding hydrogens is 294 g/mol. The van der Waals surface area contributed by atoms with Crippen molar-refractivity contribution in [3.05, 3.63) is 47.8 Å². The molecule has 1 aliphatic rings. The summed E-state index contributed by atoms with van der Waals surface area (Å²) in [6, 6.07) is 4.33. The minimum Gasteiger partial charge on any atom is -0.504 e. The van der Waals surface area contributed by atoms with Crippen molar-refractivity contribution in [1.29, 1.82) is 0 Å². The Morgan fingerprint density at radius 3 is 2.33 bits per heavy atom. The molecule has 1 aromatic carbocycles. The number of phenols is 2. The second kappa shape index (κ2) is 5.38. The summed E-state index contributed by atoms with van der Waals surface area (Å²) < 4.78 is 0. The number of rotatable bonds is 1. The third-order valence-corrected chi connectivity index (χ3v) is 3.14. The zero-order valence-corrected chi connectivity index (χ0v) is 11.4. The van der Waals surface area contributed by atoms with Gasteiger partial charge in [-0.15, -0.1) is 12.4 Å². The first-order valence-corrected chi connectivity index (χ1v) is 5.85. The number of allylic oxidation sites excluding steroid dienone is 1. The van der Waals surface area contributed by atoms with E-state index in [9.17, 15) is 19.8 Å². The molecule has 0 saturated carbocycles. The monoisotopic (exact) mass is 303 g/mol. The maximum Gasteiger partial charge on any atom is 0.235 e. The van der Waals surface area contributed by atoms with Crippen LogP contribution in [0.5, 0.6) is 11.5 Å². The largest absolute Gasteiger partial charge is 0.504 e. The molecule has 2 aromatic rings. The molecule has 21 heavy (non-hydrogen) atoms. The van der Waals surface area contributed by atoms with Gasteiger partial charge in [-0.2, -0.15) is 0 Å². The summed E-state index contributed by atoms with van der Waals surface area (Å²) >= 11 is 0. The minimum atomic E-state index is -0.597. The first-order chi connectivity index (χ1) is 9.58. The highest BCUT2D eigenvalue weighted by molar-refractivity contribution is 6.50. The van der Waals surface area contributed by atoms with Crippen LogP contribution in [0.4, 0.5) is 0 Å². The quantitative estimate of drug-likeness (QED) is 0.624. The van der Waals surface area contributed by atoms with Crippen LogP contribution in [0.25, 0.3) is 17.2 Å². The summed E-state index contributed by atoms with van der Waals surface area (Å²) in [6.45, 7) is 0. The number of benzene rings is 1. The highest BCUT2D eigenvalue weighted by Crippen LogP contribution is 2.34. The van der Waals surface area contributed by atoms with E-state index in [1.54, 1.807) is 12.1 Å². The van der Waals surface area contributed by atoms with E-state index in [2.05, 4.69) is 4.98 Å². The van der Waals surface area contributed by atoms with Gasteiger partial charge in [0.1, 0.15) is 0 Å². The lowest BCUT2D eigenvalue weighted by molar-refractivity contribution is -0.110. The van der Waals surface area contributed by atoms with Crippen molar-refractivity contribution in [2.24, 2.45) is 0 Å². The number of aromatic nitrogens is 1. The van der Waals surface area contributed by atoms with Crippen LogP contribution in [-0.2, 0) is 4.79 Å². The molecule has 0 saturated heterocycles. The topological polar surface area (TPSA) is 87.5 Å². The van der Waals surface area contributed by atoms with Gasteiger partial charge in [0, 0.05) is 18.0 Å². The third kappa shape index (κ3) is 2.39. The lowest BCUT2D eigenvalue weighted by Gasteiger charge is -2.13. The SMILES string of the molecule is Cl.O=C1C=Cc2c(cncc2-c2ccc(O)c(O)c2)C1=O. The number of Topliss-reactive ketones (excluding diaryl/α,β-unsaturated/α-hetero) is 1. The van der Waals surface area contributed by atoms with E-state index in [1.165, 1.54) is 30.6 Å². The van der Waals surface area contributed by atoms with E-state index < -0.39 is 11.6 Å². The Bertz CT molecular complexity index is 783. The molecule has 0 amide bonds. The number of fused-ring (bicyclic) bond motifs is 1. The van der Waals surface area contributed by atoms with Gasteiger partial charge in [-0.05, 0) is 35.4 Å². The van der Waals surface area contributed by atoms with Crippen LogP contribution in [0.2, 0.25) is 0 Å². The van der Waals surface area contributed by atoms with Gasteiger partial charge < -0.3 is 10.2 Å². The van der Waals surface area contributed by atoms with E-state index in [1.807, 2.05) is 0 Å². The summed E-state index contributed by atoms with van der Waals surface area (Å²) in [4.78, 5) is 27.1. The van der Waals surface area contributed by atoms with E-state index in [0.29, 0.717) is 16.7 Å². The Morgan fingerprint density at radius 2 is 1.62 bits per heavy atom. The fraction of sp³-hybridized carbons (Fsp3) is 0. The van der Waals surface area contributed by atoms with Crippen LogP contribution in [-0.4, -0.2) is 26.8 Å². The van der Waals surface area contributed by atoms with Crippen molar-refractivity contribution in [2.75, 3.05) is 0 Å². The Kier molecular flexibility index (Phi) is 3.78. The van der Waals surface area contributed by atoms with E-state index >= 15 is 0 Å². The Hall–Kier alpha value is -2.66. The molecule has 0 radical (unpaired) electrons. The van der Waals surface area contributed by atoms with Crippen molar-refractivity contribution < 1.29 is 19.8 Å². The number of nitrogens with zero attached hydrogens (tertiary/aromatic N) is 1. The van der Waals surface area contributed by atoms with E-state index in [0.717, 1.165) is 0 Å². The number of ketones is 2. The Labute approximate surface area is 126 Å². The van der Waals surface area contributed by atoms with Crippen molar-refractivity contribution >= 4 is 30.0 Å². The normalized spacial score (nSPS) is 12.8. The van der Waals surface area contributed by atoms with Crippen molar-refractivity contribution in [3.8, 4) is 22.6 Å². The fourth-order valence-corrected chi connectivity index (χ4v) is 2.12. The average Bonchev–Trinajstić information content (AvgIpc) is 2.45. The lowest BCUT2D eigenvalue weighted by atomic mass is 9.91. The first kappa shape index (κ1) is 14.7. The number of halogens is 1. The van der Waals surface area contributed by atoms with Gasteiger partial charge in [-0.3, -0.25) is 14.6 Å². The summed E-state index contributed by atoms with van der Waals surface area (Å²) in [5, 5.41) is 18.9. The highest BCUT2D eigenvalue weighted by atomic mass is 35.5. The summed E-state index contributed by atoms with van der Waals surface area (Å²) in [5.41, 5.74) is 2.02. The van der Waals surface area contributed by atoms with Crippen LogP contribution in [0.1, 0.15) is 15.9 Å². The van der Waals surface area contributed by atoms with Gasteiger partial charge >= 0.3 is 0 Å². The molecule has 0 spiro atoms. The predicted molar refractivity (Wildman–Crippen MR) is 78.6 cm³/mol. The second-order valence-corrected chi connectivity index (χ2v) is 4.38. The van der Waals surface area contributed by atoms with E-state index in [4.69, 9.17) is 0 Å². The molecule has 1 aliphatic carbocycles. The Morgan fingerprint density at radius 1 is 0.905 bits per heavy atom. The Balaban J connectivity index is 0.00000161. The molecule has 0 bridgehead atoms. The van der Waals surface area contributed by atoms with Crippen LogP contribution in [0.15, 0.2) is 36.7 Å². The third-order valence-electron chi connectivity index (χ3n) is 3.14.